The van der Waals surface area contributed by atoms with Crippen LogP contribution in [0.3, 0.4) is 0 Å². The van der Waals surface area contributed by atoms with Gasteiger partial charge in [-0.1, -0.05) is 37.7 Å². The van der Waals surface area contributed by atoms with E-state index in [0.717, 1.165) is 11.8 Å². The molecule has 1 aromatic heterocycles. The first-order valence-corrected chi connectivity index (χ1v) is 8.25. The van der Waals surface area contributed by atoms with Gasteiger partial charge in [-0.25, -0.2) is 0 Å². The number of aromatic amines is 1. The lowest BCUT2D eigenvalue weighted by Crippen LogP contribution is -2.12. The van der Waals surface area contributed by atoms with Crippen molar-refractivity contribution in [3.63, 3.8) is 0 Å². The van der Waals surface area contributed by atoms with E-state index in [4.69, 9.17) is 0 Å². The van der Waals surface area contributed by atoms with Crippen molar-refractivity contribution >= 4 is 23.4 Å². The number of amides is 1. The highest BCUT2D eigenvalue weighted by atomic mass is 32.2. The number of nitrogens with zero attached hydrogens (tertiary/aromatic N) is 1. The maximum absolute atomic E-state index is 11.9. The second kappa shape index (κ2) is 7.82. The monoisotopic (exact) mass is 333 g/mol. The minimum Gasteiger partial charge on any atom is -0.493 e. The number of thioether (sulfide) groups is 1. The molecule has 1 heterocycles. The van der Waals surface area contributed by atoms with E-state index >= 15 is 0 Å². The third-order valence-electron chi connectivity index (χ3n) is 3.14. The maximum Gasteiger partial charge on any atom is 0.255 e. The van der Waals surface area contributed by atoms with Gasteiger partial charge in [0.25, 0.3) is 5.56 Å². The number of anilines is 1. The fourth-order valence-electron chi connectivity index (χ4n) is 1.91. The molecule has 1 aromatic carbocycles. The highest BCUT2D eigenvalue weighted by Gasteiger charge is 2.06. The number of nitrogens with one attached hydrogen (secondary N) is 2. The van der Waals surface area contributed by atoms with Crippen molar-refractivity contribution in [2.45, 2.75) is 31.3 Å². The molecule has 23 heavy (non-hydrogen) atoms. The second-order valence-corrected chi connectivity index (χ2v) is 6.42. The maximum atomic E-state index is 11.9. The largest absolute Gasteiger partial charge is 0.493 e. The number of rotatable bonds is 6. The quantitative estimate of drug-likeness (QED) is 0.558. The number of aromatic hydroxyl groups is 1. The van der Waals surface area contributed by atoms with E-state index in [0.29, 0.717) is 16.8 Å². The third-order valence-corrected chi connectivity index (χ3v) is 4.01. The first-order chi connectivity index (χ1) is 10.9. The summed E-state index contributed by atoms with van der Waals surface area (Å²) >= 11 is 1.21. The molecule has 0 aliphatic carbocycles. The average Bonchev–Trinajstić information content (AvgIpc) is 2.46. The summed E-state index contributed by atoms with van der Waals surface area (Å²) < 4.78 is 0. The second-order valence-electron chi connectivity index (χ2n) is 5.33. The molecule has 0 aliphatic heterocycles. The fourth-order valence-corrected chi connectivity index (χ4v) is 2.72. The lowest BCUT2D eigenvalue weighted by atomic mass is 10.0. The first-order valence-electron chi connectivity index (χ1n) is 7.27. The summed E-state index contributed by atoms with van der Waals surface area (Å²) in [5.74, 6) is 0.457. The molecule has 2 rings (SSSR count). The smallest absolute Gasteiger partial charge is 0.255 e. The normalized spacial score (nSPS) is 10.7. The van der Waals surface area contributed by atoms with Crippen LogP contribution < -0.4 is 10.9 Å². The van der Waals surface area contributed by atoms with Gasteiger partial charge < -0.3 is 15.4 Å². The van der Waals surface area contributed by atoms with Gasteiger partial charge in [0.2, 0.25) is 11.8 Å². The standard InChI is InChI=1S/C16H19N3O3S/c1-10(2)11-3-5-12(6-4-11)17-13(20)7-8-23-16-18-14(21)9-15(22)19-16/h3-6,9-10H,7-8H2,1-2H3,(H,17,20)(H2,18,19,21,22). The molecule has 0 atom stereocenters. The lowest BCUT2D eigenvalue weighted by Gasteiger charge is -2.08. The van der Waals surface area contributed by atoms with Gasteiger partial charge >= 0.3 is 0 Å². The Hall–Kier alpha value is -2.28. The van der Waals surface area contributed by atoms with Gasteiger partial charge in [0.05, 0.1) is 6.07 Å². The van der Waals surface area contributed by atoms with Gasteiger partial charge in [-0.2, -0.15) is 4.98 Å². The molecule has 0 unspecified atom stereocenters. The summed E-state index contributed by atoms with van der Waals surface area (Å²) in [6.07, 6.45) is 0.274. The van der Waals surface area contributed by atoms with Crippen molar-refractivity contribution in [1.82, 2.24) is 9.97 Å². The number of hydrogen-bond donors (Lipinski definition) is 3. The van der Waals surface area contributed by atoms with Crippen LogP contribution in [0.25, 0.3) is 0 Å². The van der Waals surface area contributed by atoms with Gasteiger partial charge in [-0.3, -0.25) is 9.59 Å². The minimum absolute atomic E-state index is 0.114. The van der Waals surface area contributed by atoms with Crippen molar-refractivity contribution in [1.29, 1.82) is 0 Å². The van der Waals surface area contributed by atoms with Gasteiger partial charge in [-0.15, -0.1) is 0 Å². The van der Waals surface area contributed by atoms with Gasteiger partial charge in [-0.05, 0) is 23.6 Å². The predicted octanol–water partition coefficient (Wildman–Crippen LogP) is 2.72. The molecule has 0 bridgehead atoms. The van der Waals surface area contributed by atoms with Crippen molar-refractivity contribution in [2.24, 2.45) is 0 Å². The Balaban J connectivity index is 1.82. The minimum atomic E-state index is -0.422. The van der Waals surface area contributed by atoms with Gasteiger partial charge in [0, 0.05) is 17.9 Å². The number of benzene rings is 1. The van der Waals surface area contributed by atoms with Crippen LogP contribution in [0.4, 0.5) is 5.69 Å². The Kier molecular flexibility index (Phi) is 5.81. The van der Waals surface area contributed by atoms with Crippen LogP contribution in [-0.4, -0.2) is 26.7 Å². The number of carbonyl (C=O) groups is 1. The van der Waals surface area contributed by atoms with E-state index in [9.17, 15) is 14.7 Å². The molecule has 3 N–H and O–H groups in total. The van der Waals surface area contributed by atoms with Crippen molar-refractivity contribution in [3.8, 4) is 5.88 Å². The number of hydrogen-bond acceptors (Lipinski definition) is 5. The summed E-state index contributed by atoms with van der Waals surface area (Å²) in [5.41, 5.74) is 1.56. The first kappa shape index (κ1) is 17.1. The van der Waals surface area contributed by atoms with E-state index in [1.807, 2.05) is 24.3 Å². The molecule has 0 aliphatic rings. The Morgan fingerprint density at radius 3 is 2.65 bits per heavy atom. The molecule has 122 valence electrons. The highest BCUT2D eigenvalue weighted by Crippen LogP contribution is 2.18. The van der Waals surface area contributed by atoms with Crippen LogP contribution in [0, 0.1) is 0 Å². The van der Waals surface area contributed by atoms with Crippen molar-refractivity contribution in [2.75, 3.05) is 11.1 Å². The molecule has 1 amide bonds. The van der Waals surface area contributed by atoms with E-state index in [1.165, 1.54) is 17.3 Å². The Morgan fingerprint density at radius 1 is 1.35 bits per heavy atom. The van der Waals surface area contributed by atoms with E-state index in [1.54, 1.807) is 0 Å². The van der Waals surface area contributed by atoms with Crippen molar-refractivity contribution < 1.29 is 9.90 Å². The average molecular weight is 333 g/mol. The lowest BCUT2D eigenvalue weighted by molar-refractivity contribution is -0.115. The molecular weight excluding hydrogens is 314 g/mol. The zero-order valence-corrected chi connectivity index (χ0v) is 13.8. The number of aromatic nitrogens is 2. The van der Waals surface area contributed by atoms with Crippen LogP contribution in [0.1, 0.15) is 31.7 Å². The number of H-pyrrole nitrogens is 1. The SMILES string of the molecule is CC(C)c1ccc(NC(=O)CCSc2nc(O)cc(=O)[nH]2)cc1. The molecule has 0 spiro atoms. The van der Waals surface area contributed by atoms with E-state index in [2.05, 4.69) is 29.1 Å². The molecule has 2 aromatic rings. The zero-order valence-electron chi connectivity index (χ0n) is 13.0. The van der Waals surface area contributed by atoms with Crippen LogP contribution in [-0.2, 0) is 4.79 Å². The Labute approximate surface area is 138 Å². The molecular formula is C16H19N3O3S. The number of carbonyl (C=O) groups excluding carboxylic acids is 1. The molecule has 7 heteroatoms. The fraction of sp³-hybridized carbons (Fsp3) is 0.312. The predicted molar refractivity (Wildman–Crippen MR) is 91.0 cm³/mol. The highest BCUT2D eigenvalue weighted by molar-refractivity contribution is 7.99. The molecule has 6 nitrogen and oxygen atoms in total. The van der Waals surface area contributed by atoms with E-state index < -0.39 is 5.56 Å². The Morgan fingerprint density at radius 2 is 2.04 bits per heavy atom. The topological polar surface area (TPSA) is 95.1 Å². The molecule has 0 fully saturated rings. The van der Waals surface area contributed by atoms with Gasteiger partial charge in [0.1, 0.15) is 0 Å². The summed E-state index contributed by atoms with van der Waals surface area (Å²) in [5, 5.41) is 12.4. The van der Waals surface area contributed by atoms with Crippen LogP contribution >= 0.6 is 11.8 Å². The van der Waals surface area contributed by atoms with Crippen LogP contribution in [0.2, 0.25) is 0 Å². The van der Waals surface area contributed by atoms with Crippen LogP contribution in [0.5, 0.6) is 5.88 Å². The van der Waals surface area contributed by atoms with Gasteiger partial charge in [0.15, 0.2) is 5.16 Å². The molecule has 0 radical (unpaired) electrons. The molecule has 0 saturated heterocycles. The van der Waals surface area contributed by atoms with Crippen LogP contribution in [0.15, 0.2) is 40.3 Å². The summed E-state index contributed by atoms with van der Waals surface area (Å²) in [4.78, 5) is 29.3. The third kappa shape index (κ3) is 5.45. The molecule has 0 saturated carbocycles. The summed E-state index contributed by atoms with van der Waals surface area (Å²) in [6.45, 7) is 4.23. The van der Waals surface area contributed by atoms with Crippen molar-refractivity contribution in [3.05, 3.63) is 46.2 Å². The zero-order chi connectivity index (χ0) is 16.8. The van der Waals surface area contributed by atoms with E-state index in [-0.39, 0.29) is 18.2 Å². The summed E-state index contributed by atoms with van der Waals surface area (Å²) in [6, 6.07) is 8.76. The summed E-state index contributed by atoms with van der Waals surface area (Å²) in [7, 11) is 0. The Bertz CT molecular complexity index is 726.